The first-order valence-corrected chi connectivity index (χ1v) is 5.87. The van der Waals surface area contributed by atoms with Crippen LogP contribution in [0.15, 0.2) is 13.6 Å². The average Bonchev–Trinajstić information content (AvgIpc) is 2.64. The minimum absolute atomic E-state index is 0.0587. The van der Waals surface area contributed by atoms with E-state index in [0.29, 0.717) is 0 Å². The lowest BCUT2D eigenvalue weighted by molar-refractivity contribution is -0.153. The van der Waals surface area contributed by atoms with E-state index >= 15 is 0 Å². The Morgan fingerprint density at radius 1 is 1.35 bits per heavy atom. The van der Waals surface area contributed by atoms with E-state index in [2.05, 4.69) is 27.1 Å². The molecule has 0 bridgehead atoms. The highest BCUT2D eigenvalue weighted by Gasteiger charge is 2.48. The van der Waals surface area contributed by atoms with Gasteiger partial charge in [0.15, 0.2) is 5.76 Å². The van der Waals surface area contributed by atoms with Crippen LogP contribution < -0.4 is 11.1 Å². The van der Waals surface area contributed by atoms with Crippen LogP contribution in [0.4, 0.5) is 0 Å². The number of ether oxygens (including phenoxy) is 1. The second-order valence-electron chi connectivity index (χ2n) is 3.99. The van der Waals surface area contributed by atoms with Crippen LogP contribution in [0.2, 0.25) is 0 Å². The second-order valence-corrected chi connectivity index (χ2v) is 4.40. The molecule has 0 saturated heterocycles. The van der Waals surface area contributed by atoms with Crippen LogP contribution in [0, 0.1) is 6.92 Å². The molecule has 1 rings (SSSR count). The molecule has 0 fully saturated rings. The molecule has 8 nitrogen and oxygen atoms in total. The number of hydrogen-bond acceptors (Lipinski definition) is 7. The van der Waals surface area contributed by atoms with Crippen molar-refractivity contribution >= 4 is 29.6 Å². The lowest BCUT2D eigenvalue weighted by atomic mass is 9.94. The highest BCUT2D eigenvalue weighted by molar-refractivity contribution is 7.97. The van der Waals surface area contributed by atoms with Gasteiger partial charge in [-0.2, -0.15) is 0 Å². The molecule has 0 aliphatic carbocycles. The molecule has 0 aromatic carbocycles. The molecule has 1 amide bonds. The summed E-state index contributed by atoms with van der Waals surface area (Å²) in [6, 6.07) is 0. The van der Waals surface area contributed by atoms with E-state index in [1.54, 1.807) is 0 Å². The van der Waals surface area contributed by atoms with Crippen LogP contribution in [-0.2, 0) is 25.5 Å². The highest BCUT2D eigenvalue weighted by atomic mass is 32.1. The van der Waals surface area contributed by atoms with Crippen molar-refractivity contribution in [3.63, 3.8) is 0 Å². The summed E-state index contributed by atoms with van der Waals surface area (Å²) in [6.45, 7) is 2.53. The lowest BCUT2D eigenvalue weighted by Gasteiger charge is -2.27. The van der Waals surface area contributed by atoms with E-state index in [9.17, 15) is 19.2 Å². The van der Waals surface area contributed by atoms with Gasteiger partial charge in [0.05, 0.1) is 13.5 Å². The van der Waals surface area contributed by atoms with Gasteiger partial charge in [-0.1, -0.05) is 0 Å². The van der Waals surface area contributed by atoms with Gasteiger partial charge in [-0.25, -0.2) is 9.59 Å². The SMILES string of the molecule is COC(=O)[C@@](Cc1oc(=O)oc1C)(NC(C)=O)C(=O)S. The fourth-order valence-electron chi connectivity index (χ4n) is 1.64. The quantitative estimate of drug-likeness (QED) is 0.431. The van der Waals surface area contributed by atoms with Crippen molar-refractivity contribution in [2.75, 3.05) is 7.11 Å². The summed E-state index contributed by atoms with van der Waals surface area (Å²) < 4.78 is 13.9. The largest absolute Gasteiger partial charge is 0.519 e. The van der Waals surface area contributed by atoms with Crippen molar-refractivity contribution < 1.29 is 28.0 Å². The van der Waals surface area contributed by atoms with Crippen molar-refractivity contribution in [3.8, 4) is 0 Å². The molecule has 0 aliphatic heterocycles. The van der Waals surface area contributed by atoms with Gasteiger partial charge in [0, 0.05) is 6.92 Å². The average molecular weight is 303 g/mol. The molecule has 110 valence electrons. The maximum absolute atomic E-state index is 11.9. The molecule has 20 heavy (non-hydrogen) atoms. The van der Waals surface area contributed by atoms with Crippen LogP contribution in [0.1, 0.15) is 18.4 Å². The first kappa shape index (κ1) is 16.0. The predicted molar refractivity (Wildman–Crippen MR) is 68.2 cm³/mol. The monoisotopic (exact) mass is 303 g/mol. The minimum atomic E-state index is -2.09. The summed E-state index contributed by atoms with van der Waals surface area (Å²) in [5, 5.41) is 1.23. The Kier molecular flexibility index (Phi) is 4.77. The number of nitrogens with one attached hydrogen (secondary N) is 1. The Hall–Kier alpha value is -2.03. The Balaban J connectivity index is 3.31. The Bertz CT molecular complexity index is 602. The molecule has 1 heterocycles. The number of carbonyl (C=O) groups is 3. The molecular weight excluding hydrogens is 290 g/mol. The summed E-state index contributed by atoms with van der Waals surface area (Å²) in [6.07, 6.45) is -0.445. The van der Waals surface area contributed by atoms with E-state index in [1.165, 1.54) is 6.92 Å². The molecule has 1 N–H and O–H groups in total. The number of aryl methyl sites for hydroxylation is 1. The van der Waals surface area contributed by atoms with Gasteiger partial charge in [0.2, 0.25) is 16.6 Å². The lowest BCUT2D eigenvalue weighted by Crippen LogP contribution is -2.60. The van der Waals surface area contributed by atoms with Crippen LogP contribution in [0.3, 0.4) is 0 Å². The number of carbonyl (C=O) groups excluding carboxylic acids is 3. The molecule has 9 heteroatoms. The fourth-order valence-corrected chi connectivity index (χ4v) is 1.86. The Labute approximate surface area is 118 Å². The number of amides is 1. The van der Waals surface area contributed by atoms with Gasteiger partial charge < -0.3 is 18.9 Å². The number of rotatable bonds is 5. The number of methoxy groups -OCH3 is 1. The number of hydrogen-bond donors (Lipinski definition) is 2. The van der Waals surface area contributed by atoms with Crippen LogP contribution in [0.25, 0.3) is 0 Å². The van der Waals surface area contributed by atoms with Gasteiger partial charge in [-0.15, -0.1) is 12.6 Å². The maximum atomic E-state index is 11.9. The molecule has 0 unspecified atom stereocenters. The highest BCUT2D eigenvalue weighted by Crippen LogP contribution is 2.20. The topological polar surface area (TPSA) is 116 Å². The third-order valence-corrected chi connectivity index (χ3v) is 2.93. The zero-order valence-corrected chi connectivity index (χ0v) is 11.9. The van der Waals surface area contributed by atoms with Crippen molar-refractivity contribution in [3.05, 3.63) is 22.1 Å². The third kappa shape index (κ3) is 3.10. The third-order valence-electron chi connectivity index (χ3n) is 2.55. The summed E-state index contributed by atoms with van der Waals surface area (Å²) in [4.78, 5) is 45.8. The molecular formula is C11H13NO7S. The smallest absolute Gasteiger partial charge is 0.467 e. The first-order chi connectivity index (χ1) is 9.22. The van der Waals surface area contributed by atoms with E-state index < -0.39 is 34.8 Å². The zero-order valence-electron chi connectivity index (χ0n) is 11.0. The van der Waals surface area contributed by atoms with Gasteiger partial charge in [0.1, 0.15) is 5.76 Å². The van der Waals surface area contributed by atoms with E-state index in [1.807, 2.05) is 0 Å². The van der Waals surface area contributed by atoms with Gasteiger partial charge in [0.25, 0.3) is 0 Å². The zero-order chi connectivity index (χ0) is 15.5. The van der Waals surface area contributed by atoms with Gasteiger partial charge in [-0.05, 0) is 6.92 Å². The second kappa shape index (κ2) is 5.95. The maximum Gasteiger partial charge on any atom is 0.519 e. The van der Waals surface area contributed by atoms with Crippen molar-refractivity contribution in [1.29, 1.82) is 0 Å². The Morgan fingerprint density at radius 3 is 2.30 bits per heavy atom. The van der Waals surface area contributed by atoms with E-state index in [4.69, 9.17) is 4.42 Å². The van der Waals surface area contributed by atoms with E-state index in [-0.39, 0.29) is 11.5 Å². The summed E-state index contributed by atoms with van der Waals surface area (Å²) in [5.74, 6) is -2.64. The van der Waals surface area contributed by atoms with Crippen LogP contribution in [0.5, 0.6) is 0 Å². The standard InChI is InChI=1S/C11H13NO7S/c1-5-7(19-10(16)18-5)4-11(9(15)20,8(14)17-3)12-6(2)13/h4H2,1-3H3,(H,12,13)(H,15,20)/t11-/m1/s1. The molecule has 0 spiro atoms. The fraction of sp³-hybridized carbons (Fsp3) is 0.455. The first-order valence-electron chi connectivity index (χ1n) is 5.43. The van der Waals surface area contributed by atoms with Crippen molar-refractivity contribution in [2.45, 2.75) is 25.8 Å². The normalized spacial score (nSPS) is 13.4. The number of esters is 1. The van der Waals surface area contributed by atoms with Crippen LogP contribution in [-0.4, -0.2) is 29.6 Å². The molecule has 0 saturated carbocycles. The molecule has 0 aliphatic rings. The van der Waals surface area contributed by atoms with Crippen molar-refractivity contribution in [2.24, 2.45) is 0 Å². The molecule has 1 aromatic heterocycles. The summed E-state index contributed by atoms with van der Waals surface area (Å²) >= 11 is 3.61. The molecule has 1 atom stereocenters. The van der Waals surface area contributed by atoms with E-state index in [0.717, 1.165) is 14.0 Å². The molecule has 0 radical (unpaired) electrons. The number of thiol groups is 1. The van der Waals surface area contributed by atoms with Crippen LogP contribution >= 0.6 is 12.6 Å². The van der Waals surface area contributed by atoms with Gasteiger partial charge >= 0.3 is 11.8 Å². The van der Waals surface area contributed by atoms with Crippen molar-refractivity contribution in [1.82, 2.24) is 5.32 Å². The minimum Gasteiger partial charge on any atom is -0.467 e. The molecule has 1 aromatic rings. The Morgan fingerprint density at radius 2 is 1.95 bits per heavy atom. The predicted octanol–water partition coefficient (Wildman–Crippen LogP) is -0.412. The summed E-state index contributed by atoms with van der Waals surface area (Å²) in [7, 11) is 1.05. The van der Waals surface area contributed by atoms with Gasteiger partial charge in [-0.3, -0.25) is 9.59 Å². The summed E-state index contributed by atoms with van der Waals surface area (Å²) in [5.41, 5.74) is -2.09.